The molecule has 5 rings (SSSR count). The number of hydrogen-bond donors (Lipinski definition) is 3. The van der Waals surface area contributed by atoms with E-state index in [1.165, 1.54) is 12.1 Å². The Bertz CT molecular complexity index is 1430. The number of nitrogen functional groups attached to an aromatic ring is 1. The van der Waals surface area contributed by atoms with Crippen molar-refractivity contribution in [2.45, 2.75) is 13.0 Å². The van der Waals surface area contributed by atoms with Crippen LogP contribution in [0.25, 0.3) is 11.0 Å². The van der Waals surface area contributed by atoms with Gasteiger partial charge in [0.25, 0.3) is 5.56 Å². The van der Waals surface area contributed by atoms with Gasteiger partial charge in [-0.2, -0.15) is 9.97 Å². The average Bonchev–Trinajstić information content (AvgIpc) is 2.90. The van der Waals surface area contributed by atoms with E-state index in [1.54, 1.807) is 31.3 Å². The van der Waals surface area contributed by atoms with E-state index in [1.807, 2.05) is 12.1 Å². The highest BCUT2D eigenvalue weighted by Crippen LogP contribution is 2.30. The van der Waals surface area contributed by atoms with E-state index in [0.29, 0.717) is 28.6 Å². The van der Waals surface area contributed by atoms with Gasteiger partial charge in [-0.05, 0) is 36.8 Å². The molecule has 0 saturated carbocycles. The van der Waals surface area contributed by atoms with E-state index < -0.39 is 5.56 Å². The minimum atomic E-state index is -0.450. The van der Waals surface area contributed by atoms with E-state index in [9.17, 15) is 9.18 Å². The maximum Gasteiger partial charge on any atom is 0.290 e. The summed E-state index contributed by atoms with van der Waals surface area (Å²) in [5, 5.41) is 2.99. The molecule has 2 aromatic heterocycles. The summed E-state index contributed by atoms with van der Waals surface area (Å²) in [7, 11) is 1.75. The predicted molar refractivity (Wildman–Crippen MR) is 137 cm³/mol. The first kappa shape index (κ1) is 23.5. The zero-order valence-corrected chi connectivity index (χ0v) is 20.0. The molecule has 2 aromatic carbocycles. The number of ether oxygens (including phenoxy) is 1. The van der Waals surface area contributed by atoms with E-state index in [2.05, 4.69) is 42.0 Å². The van der Waals surface area contributed by atoms with Gasteiger partial charge in [-0.1, -0.05) is 18.2 Å². The van der Waals surface area contributed by atoms with Gasteiger partial charge in [-0.25, -0.2) is 9.37 Å². The van der Waals surface area contributed by atoms with Crippen molar-refractivity contribution in [2.75, 3.05) is 49.2 Å². The number of nitrogens with one attached hydrogen (secondary N) is 2. The maximum absolute atomic E-state index is 13.3. The summed E-state index contributed by atoms with van der Waals surface area (Å²) in [5.41, 5.74) is 7.31. The highest BCUT2D eigenvalue weighted by Gasteiger charge is 2.24. The van der Waals surface area contributed by atoms with Crippen LogP contribution in [0.15, 0.2) is 53.3 Å². The molecule has 10 nitrogen and oxygen atoms in total. The third kappa shape index (κ3) is 4.78. The van der Waals surface area contributed by atoms with Crippen LogP contribution in [0.3, 0.4) is 0 Å². The minimum absolute atomic E-state index is 0.134. The lowest BCUT2D eigenvalue weighted by atomic mass is 10.1. The lowest BCUT2D eigenvalue weighted by molar-refractivity contribution is 0.198. The number of benzene rings is 2. The number of hydrogen-bond acceptors (Lipinski definition) is 9. The molecule has 0 radical (unpaired) electrons. The van der Waals surface area contributed by atoms with Crippen LogP contribution in [0, 0.1) is 5.82 Å². The second-order valence-corrected chi connectivity index (χ2v) is 8.59. The Labute approximate surface area is 207 Å². The van der Waals surface area contributed by atoms with E-state index in [-0.39, 0.29) is 17.7 Å². The van der Waals surface area contributed by atoms with Crippen molar-refractivity contribution in [1.29, 1.82) is 0 Å². The molecule has 0 spiro atoms. The summed E-state index contributed by atoms with van der Waals surface area (Å²) in [4.78, 5) is 32.3. The molecule has 0 bridgehead atoms. The zero-order chi connectivity index (χ0) is 25.2. The van der Waals surface area contributed by atoms with Gasteiger partial charge in [0, 0.05) is 45.3 Å². The number of rotatable bonds is 6. The number of H-pyrrole nitrogens is 1. The van der Waals surface area contributed by atoms with Gasteiger partial charge in [0.2, 0.25) is 11.8 Å². The number of nitrogens with two attached hydrogens (primary N) is 1. The lowest BCUT2D eigenvalue weighted by Crippen LogP contribution is -2.47. The van der Waals surface area contributed by atoms with Crippen LogP contribution in [-0.4, -0.2) is 58.1 Å². The molecule has 0 amide bonds. The Morgan fingerprint density at radius 2 is 1.83 bits per heavy atom. The smallest absolute Gasteiger partial charge is 0.290 e. The molecule has 4 N–H and O–H groups in total. The molecule has 3 heterocycles. The third-order valence-corrected chi connectivity index (χ3v) is 6.38. The van der Waals surface area contributed by atoms with Crippen LogP contribution in [0.1, 0.15) is 18.5 Å². The van der Waals surface area contributed by atoms with Crippen LogP contribution < -0.4 is 26.2 Å². The number of halogens is 1. The largest absolute Gasteiger partial charge is 0.436 e. The van der Waals surface area contributed by atoms with Crippen LogP contribution in [0.2, 0.25) is 0 Å². The quantitative estimate of drug-likeness (QED) is 0.374. The van der Waals surface area contributed by atoms with E-state index in [0.717, 1.165) is 37.6 Å². The normalized spacial score (nSPS) is 15.1. The van der Waals surface area contributed by atoms with Crippen molar-refractivity contribution >= 4 is 28.6 Å². The standard InChI is InChI=1S/C25H27FN8O2/c1-15(16-6-8-17(26)9-7-16)33-10-12-34(13-11-33)20-14-21(31-25(28-2)30-20)36-19-5-3-4-18-22(19)32-23(27)24(35)29-18/h3-9,14-15H,10-13H2,1-2H3,(H2,27,32)(H,29,35)(H,28,30,31). The van der Waals surface area contributed by atoms with Gasteiger partial charge in [-0.15, -0.1) is 0 Å². The minimum Gasteiger partial charge on any atom is -0.436 e. The maximum atomic E-state index is 13.3. The molecular formula is C25H27FN8O2. The molecular weight excluding hydrogens is 463 g/mol. The van der Waals surface area contributed by atoms with Crippen molar-refractivity contribution in [3.8, 4) is 11.6 Å². The zero-order valence-electron chi connectivity index (χ0n) is 20.0. The first-order valence-electron chi connectivity index (χ1n) is 11.7. The lowest BCUT2D eigenvalue weighted by Gasteiger charge is -2.38. The summed E-state index contributed by atoms with van der Waals surface area (Å²) in [6.07, 6.45) is 0. The molecule has 1 unspecified atom stereocenters. The topological polar surface area (TPSA) is 125 Å². The number of fused-ring (bicyclic) bond motifs is 1. The van der Waals surface area contributed by atoms with Gasteiger partial charge in [0.05, 0.1) is 5.52 Å². The molecule has 0 aliphatic carbocycles. The molecule has 1 aliphatic rings. The van der Waals surface area contributed by atoms with Gasteiger partial charge >= 0.3 is 0 Å². The summed E-state index contributed by atoms with van der Waals surface area (Å²) < 4.78 is 19.4. The fraction of sp³-hybridized carbons (Fsp3) is 0.280. The molecule has 11 heteroatoms. The highest BCUT2D eigenvalue weighted by atomic mass is 19.1. The molecule has 1 saturated heterocycles. The van der Waals surface area contributed by atoms with Gasteiger partial charge in [-0.3, -0.25) is 9.69 Å². The molecule has 1 atom stereocenters. The Balaban J connectivity index is 1.35. The molecule has 1 fully saturated rings. The van der Waals surface area contributed by atoms with Crippen molar-refractivity contribution in [3.05, 3.63) is 70.3 Å². The number of anilines is 3. The summed E-state index contributed by atoms with van der Waals surface area (Å²) in [5.74, 6) is 1.55. The monoisotopic (exact) mass is 490 g/mol. The Hall–Kier alpha value is -4.25. The predicted octanol–water partition coefficient (Wildman–Crippen LogP) is 3.15. The van der Waals surface area contributed by atoms with Crippen LogP contribution in [0.4, 0.5) is 22.0 Å². The first-order valence-corrected chi connectivity index (χ1v) is 11.7. The van der Waals surface area contributed by atoms with Crippen molar-refractivity contribution < 1.29 is 9.13 Å². The third-order valence-electron chi connectivity index (χ3n) is 6.38. The van der Waals surface area contributed by atoms with Crippen molar-refractivity contribution in [1.82, 2.24) is 24.8 Å². The fourth-order valence-corrected chi connectivity index (χ4v) is 4.32. The summed E-state index contributed by atoms with van der Waals surface area (Å²) >= 11 is 0. The van der Waals surface area contributed by atoms with Crippen LogP contribution in [0.5, 0.6) is 11.6 Å². The molecule has 1 aliphatic heterocycles. The Morgan fingerprint density at radius 3 is 2.56 bits per heavy atom. The second kappa shape index (κ2) is 9.78. The van der Waals surface area contributed by atoms with Crippen LogP contribution in [-0.2, 0) is 0 Å². The van der Waals surface area contributed by atoms with Gasteiger partial charge in [0.15, 0.2) is 11.6 Å². The number of para-hydroxylation sites is 1. The molecule has 4 aromatic rings. The fourth-order valence-electron chi connectivity index (χ4n) is 4.32. The van der Waals surface area contributed by atoms with Crippen molar-refractivity contribution in [3.63, 3.8) is 0 Å². The Morgan fingerprint density at radius 1 is 1.08 bits per heavy atom. The summed E-state index contributed by atoms with van der Waals surface area (Å²) in [6.45, 7) is 5.31. The van der Waals surface area contributed by atoms with Gasteiger partial charge in [0.1, 0.15) is 17.2 Å². The summed E-state index contributed by atoms with van der Waals surface area (Å²) in [6, 6.07) is 13.9. The second-order valence-electron chi connectivity index (χ2n) is 8.59. The highest BCUT2D eigenvalue weighted by molar-refractivity contribution is 5.82. The number of aromatic nitrogens is 4. The number of nitrogens with zero attached hydrogens (tertiary/aromatic N) is 5. The SMILES string of the molecule is CNc1nc(Oc2cccc3[nH]c(=O)c(N)nc23)cc(N2CCN(C(C)c3ccc(F)cc3)CC2)n1. The van der Waals surface area contributed by atoms with E-state index in [4.69, 9.17) is 10.5 Å². The first-order chi connectivity index (χ1) is 17.4. The van der Waals surface area contributed by atoms with Crippen LogP contribution >= 0.6 is 0 Å². The number of piperazine rings is 1. The number of aromatic amines is 1. The Kier molecular flexibility index (Phi) is 6.38. The molecule has 186 valence electrons. The van der Waals surface area contributed by atoms with Gasteiger partial charge < -0.3 is 25.7 Å². The molecule has 36 heavy (non-hydrogen) atoms. The van der Waals surface area contributed by atoms with Crippen molar-refractivity contribution in [2.24, 2.45) is 0 Å². The average molecular weight is 491 g/mol. The van der Waals surface area contributed by atoms with E-state index >= 15 is 0 Å².